The molecule has 0 aromatic heterocycles. The molecular weight excluding hydrogens is 338 g/mol. The van der Waals surface area contributed by atoms with Crippen molar-refractivity contribution in [3.63, 3.8) is 0 Å². The van der Waals surface area contributed by atoms with Crippen LogP contribution in [0.15, 0.2) is 48.5 Å². The summed E-state index contributed by atoms with van der Waals surface area (Å²) in [6.45, 7) is 11.2. The van der Waals surface area contributed by atoms with Gasteiger partial charge in [0.1, 0.15) is 18.1 Å². The average Bonchev–Trinajstić information content (AvgIpc) is 2.65. The summed E-state index contributed by atoms with van der Waals surface area (Å²) in [4.78, 5) is 12.2. The maximum absolute atomic E-state index is 12.2. The number of aryl methyl sites for hydroxylation is 1. The topological polar surface area (TPSA) is 47.6 Å². The summed E-state index contributed by atoms with van der Waals surface area (Å²) in [5.41, 5.74) is 2.49. The molecule has 2 aromatic carbocycles. The molecule has 0 spiro atoms. The quantitative estimate of drug-likeness (QED) is 0.697. The summed E-state index contributed by atoms with van der Waals surface area (Å²) in [6.07, 6.45) is 0.315. The van der Waals surface area contributed by atoms with Gasteiger partial charge in [-0.05, 0) is 48.1 Å². The largest absolute Gasteiger partial charge is 0.492 e. The minimum absolute atomic E-state index is 0.124. The van der Waals surface area contributed by atoms with Crippen LogP contribution in [0.2, 0.25) is 0 Å². The first-order valence-electron chi connectivity index (χ1n) is 9.57. The van der Waals surface area contributed by atoms with Crippen molar-refractivity contribution in [2.45, 2.75) is 52.6 Å². The maximum Gasteiger partial charge on any atom is 0.260 e. The maximum atomic E-state index is 12.2. The van der Waals surface area contributed by atoms with E-state index in [2.05, 4.69) is 45.1 Å². The third kappa shape index (κ3) is 6.31. The summed E-state index contributed by atoms with van der Waals surface area (Å²) >= 11 is 0. The van der Waals surface area contributed by atoms with Crippen molar-refractivity contribution in [1.29, 1.82) is 0 Å². The van der Waals surface area contributed by atoms with Gasteiger partial charge in [-0.3, -0.25) is 4.79 Å². The molecule has 1 atom stereocenters. The van der Waals surface area contributed by atoms with Crippen LogP contribution in [0.5, 0.6) is 11.5 Å². The highest BCUT2D eigenvalue weighted by Crippen LogP contribution is 2.24. The van der Waals surface area contributed by atoms with Gasteiger partial charge in [0.05, 0.1) is 6.54 Å². The van der Waals surface area contributed by atoms with Crippen molar-refractivity contribution < 1.29 is 14.3 Å². The number of carbonyl (C=O) groups excluding carboxylic acids is 1. The Balaban J connectivity index is 1.75. The zero-order valence-corrected chi connectivity index (χ0v) is 17.0. The van der Waals surface area contributed by atoms with Crippen molar-refractivity contribution in [3.05, 3.63) is 59.7 Å². The molecule has 1 unspecified atom stereocenters. The molecule has 1 N–H and O–H groups in total. The smallest absolute Gasteiger partial charge is 0.260 e. The second kappa shape index (κ2) is 9.45. The number of ether oxygens (including phenoxy) is 2. The third-order valence-corrected chi connectivity index (χ3v) is 4.42. The number of amides is 1. The van der Waals surface area contributed by atoms with Crippen molar-refractivity contribution >= 4 is 5.91 Å². The van der Waals surface area contributed by atoms with E-state index >= 15 is 0 Å². The van der Waals surface area contributed by atoms with Crippen LogP contribution >= 0.6 is 0 Å². The zero-order valence-electron chi connectivity index (χ0n) is 17.0. The van der Waals surface area contributed by atoms with E-state index in [4.69, 9.17) is 9.47 Å². The van der Waals surface area contributed by atoms with Crippen molar-refractivity contribution in [1.82, 2.24) is 5.32 Å². The minimum atomic E-state index is -0.552. The van der Waals surface area contributed by atoms with Crippen LogP contribution in [0, 0.1) is 0 Å². The van der Waals surface area contributed by atoms with Gasteiger partial charge in [0.25, 0.3) is 5.91 Å². The lowest BCUT2D eigenvalue weighted by molar-refractivity contribution is -0.127. The Morgan fingerprint density at radius 1 is 1.07 bits per heavy atom. The molecule has 0 saturated heterocycles. The van der Waals surface area contributed by atoms with Crippen LogP contribution in [0.25, 0.3) is 0 Å². The fraction of sp³-hybridized carbons (Fsp3) is 0.435. The van der Waals surface area contributed by atoms with Crippen LogP contribution in [0.4, 0.5) is 0 Å². The Labute approximate surface area is 162 Å². The summed E-state index contributed by atoms with van der Waals surface area (Å²) in [6, 6.07) is 15.9. The molecule has 4 nitrogen and oxygen atoms in total. The molecule has 0 bridgehead atoms. The number of nitrogens with one attached hydrogen (secondary N) is 1. The van der Waals surface area contributed by atoms with Gasteiger partial charge in [-0.25, -0.2) is 0 Å². The number of benzene rings is 2. The first-order valence-corrected chi connectivity index (χ1v) is 9.57. The lowest BCUT2D eigenvalue weighted by atomic mass is 9.87. The van der Waals surface area contributed by atoms with Gasteiger partial charge in [0.15, 0.2) is 6.10 Å². The van der Waals surface area contributed by atoms with Gasteiger partial charge in [0.2, 0.25) is 0 Å². The van der Waals surface area contributed by atoms with Crippen LogP contribution in [-0.2, 0) is 16.6 Å². The van der Waals surface area contributed by atoms with Crippen LogP contribution < -0.4 is 14.8 Å². The molecule has 4 heteroatoms. The number of carbonyl (C=O) groups is 1. The van der Waals surface area contributed by atoms with Gasteiger partial charge in [-0.1, -0.05) is 58.0 Å². The van der Waals surface area contributed by atoms with Gasteiger partial charge in [-0.15, -0.1) is 0 Å². The average molecular weight is 370 g/mol. The monoisotopic (exact) mass is 369 g/mol. The Hall–Kier alpha value is -2.49. The van der Waals surface area contributed by atoms with Crippen molar-refractivity contribution in [2.75, 3.05) is 13.2 Å². The van der Waals surface area contributed by atoms with Crippen LogP contribution in [0.1, 0.15) is 45.7 Å². The summed E-state index contributed by atoms with van der Waals surface area (Å²) in [5.74, 6) is 1.42. The number of rotatable bonds is 8. The van der Waals surface area contributed by atoms with E-state index in [1.807, 2.05) is 36.4 Å². The Kier molecular flexibility index (Phi) is 7.28. The van der Waals surface area contributed by atoms with E-state index in [0.717, 1.165) is 23.5 Å². The molecule has 0 heterocycles. The zero-order chi connectivity index (χ0) is 19.9. The highest BCUT2D eigenvalue weighted by molar-refractivity contribution is 5.80. The molecule has 0 aliphatic carbocycles. The third-order valence-electron chi connectivity index (χ3n) is 4.42. The first-order chi connectivity index (χ1) is 12.8. The van der Waals surface area contributed by atoms with Gasteiger partial charge < -0.3 is 14.8 Å². The van der Waals surface area contributed by atoms with Gasteiger partial charge in [-0.2, -0.15) is 0 Å². The van der Waals surface area contributed by atoms with E-state index in [1.165, 1.54) is 5.56 Å². The van der Waals surface area contributed by atoms with E-state index in [9.17, 15) is 4.79 Å². The van der Waals surface area contributed by atoms with E-state index in [-0.39, 0.29) is 11.3 Å². The highest BCUT2D eigenvalue weighted by Gasteiger charge is 2.16. The molecule has 2 rings (SSSR count). The predicted octanol–water partition coefficient (Wildman–Crippen LogP) is 4.51. The van der Waals surface area contributed by atoms with Gasteiger partial charge in [0, 0.05) is 0 Å². The first kappa shape index (κ1) is 20.8. The Morgan fingerprint density at radius 3 is 2.37 bits per heavy atom. The lowest BCUT2D eigenvalue weighted by Gasteiger charge is -2.19. The van der Waals surface area contributed by atoms with Crippen molar-refractivity contribution in [3.8, 4) is 11.5 Å². The molecule has 1 amide bonds. The Morgan fingerprint density at radius 2 is 1.74 bits per heavy atom. The molecule has 0 aliphatic rings. The van der Waals surface area contributed by atoms with E-state index in [0.29, 0.717) is 13.2 Å². The number of hydrogen-bond donors (Lipinski definition) is 1. The van der Waals surface area contributed by atoms with E-state index in [1.54, 1.807) is 6.92 Å². The second-order valence-electron chi connectivity index (χ2n) is 7.64. The molecule has 27 heavy (non-hydrogen) atoms. The number of para-hydroxylation sites is 1. The molecule has 0 saturated carbocycles. The molecule has 0 radical (unpaired) electrons. The van der Waals surface area contributed by atoms with Crippen LogP contribution in [-0.4, -0.2) is 25.2 Å². The standard InChI is InChI=1S/C23H31NO3/c1-6-18-9-7-8-10-21(18)27-17(2)22(25)24-15-16-26-20-13-11-19(12-14-20)23(3,4)5/h7-14,17H,6,15-16H2,1-5H3,(H,24,25). The van der Waals surface area contributed by atoms with Gasteiger partial charge >= 0.3 is 0 Å². The van der Waals surface area contributed by atoms with E-state index < -0.39 is 6.10 Å². The SMILES string of the molecule is CCc1ccccc1OC(C)C(=O)NCCOc1ccc(C(C)(C)C)cc1. The number of hydrogen-bond acceptors (Lipinski definition) is 3. The molecule has 146 valence electrons. The highest BCUT2D eigenvalue weighted by atomic mass is 16.5. The summed E-state index contributed by atoms with van der Waals surface area (Å²) in [7, 11) is 0. The molecule has 0 fully saturated rings. The molecular formula is C23H31NO3. The molecule has 2 aromatic rings. The minimum Gasteiger partial charge on any atom is -0.492 e. The fourth-order valence-corrected chi connectivity index (χ4v) is 2.69. The molecule has 0 aliphatic heterocycles. The predicted molar refractivity (Wildman–Crippen MR) is 110 cm³/mol. The van der Waals surface area contributed by atoms with Crippen LogP contribution in [0.3, 0.4) is 0 Å². The fourth-order valence-electron chi connectivity index (χ4n) is 2.69. The van der Waals surface area contributed by atoms with Crippen molar-refractivity contribution in [2.24, 2.45) is 0 Å². The summed E-state index contributed by atoms with van der Waals surface area (Å²) in [5, 5.41) is 2.86. The summed E-state index contributed by atoms with van der Waals surface area (Å²) < 4.78 is 11.5. The lowest BCUT2D eigenvalue weighted by Crippen LogP contribution is -2.38. The second-order valence-corrected chi connectivity index (χ2v) is 7.64. The normalized spacial score (nSPS) is 12.3. The Bertz CT molecular complexity index is 732.